The van der Waals surface area contributed by atoms with Gasteiger partial charge in [0.15, 0.2) is 23.1 Å². The number of rotatable bonds is 8. The predicted molar refractivity (Wildman–Crippen MR) is 246 cm³/mol. The third kappa shape index (κ3) is 6.54. The number of aromatic nitrogens is 3. The fraction of sp³-hybridized carbons (Fsp3) is 0. The summed E-state index contributed by atoms with van der Waals surface area (Å²) in [7, 11) is 0. The molecule has 0 N–H and O–H groups in total. The van der Waals surface area contributed by atoms with Crippen LogP contribution in [0.2, 0.25) is 0 Å². The standard InChI is InChI=1S/C55H36N4O/c1-4-13-37(14-5-1)40-23-26-42(27-24-40)53-56-54(44-28-25-39-17-10-11-18-43(39)35-44)58-55(57-53)45-31-34-48-49-21-12-22-50(52(49)60-51(48)36-45)59(46-19-8-3-9-20-46)47-32-29-41(30-33-47)38-15-6-2-7-16-38/h1-36H. The second kappa shape index (κ2) is 15.0. The van der Waals surface area contributed by atoms with E-state index in [1.807, 2.05) is 18.2 Å². The molecule has 0 aliphatic carbocycles. The highest BCUT2D eigenvalue weighted by molar-refractivity contribution is 6.11. The van der Waals surface area contributed by atoms with Crippen LogP contribution in [0.25, 0.3) is 89.1 Å². The van der Waals surface area contributed by atoms with E-state index in [9.17, 15) is 0 Å². The first-order chi connectivity index (χ1) is 29.7. The van der Waals surface area contributed by atoms with Crippen molar-refractivity contribution in [1.29, 1.82) is 0 Å². The van der Waals surface area contributed by atoms with Gasteiger partial charge in [-0.05, 0) is 81.6 Å². The van der Waals surface area contributed by atoms with Crippen LogP contribution in [0.3, 0.4) is 0 Å². The Labute approximate surface area is 347 Å². The summed E-state index contributed by atoms with van der Waals surface area (Å²) in [5, 5.41) is 4.34. The second-order valence-corrected chi connectivity index (χ2v) is 14.9. The molecule has 0 unspecified atom stereocenters. The van der Waals surface area contributed by atoms with E-state index in [1.54, 1.807) is 0 Å². The van der Waals surface area contributed by atoms with Crippen molar-refractivity contribution in [2.75, 3.05) is 4.90 Å². The fourth-order valence-electron chi connectivity index (χ4n) is 8.07. The van der Waals surface area contributed by atoms with Gasteiger partial charge in [-0.2, -0.15) is 0 Å². The van der Waals surface area contributed by atoms with Crippen molar-refractivity contribution in [3.05, 3.63) is 218 Å². The second-order valence-electron chi connectivity index (χ2n) is 14.9. The minimum atomic E-state index is 0.572. The van der Waals surface area contributed by atoms with Gasteiger partial charge >= 0.3 is 0 Å². The quantitative estimate of drug-likeness (QED) is 0.154. The molecule has 0 amide bonds. The number of furan rings is 1. The van der Waals surface area contributed by atoms with Crippen molar-refractivity contribution in [2.24, 2.45) is 0 Å². The first kappa shape index (κ1) is 35.0. The average Bonchev–Trinajstić information content (AvgIpc) is 3.71. The van der Waals surface area contributed by atoms with Crippen LogP contribution in [0.15, 0.2) is 223 Å². The third-order valence-corrected chi connectivity index (χ3v) is 11.1. The number of hydrogen-bond donors (Lipinski definition) is 0. The molecule has 282 valence electrons. The van der Waals surface area contributed by atoms with Crippen LogP contribution >= 0.6 is 0 Å². The lowest BCUT2D eigenvalue weighted by Gasteiger charge is -2.25. The monoisotopic (exact) mass is 768 g/mol. The van der Waals surface area contributed by atoms with Gasteiger partial charge in [0.2, 0.25) is 0 Å². The zero-order chi connectivity index (χ0) is 39.8. The molecular weight excluding hydrogens is 733 g/mol. The lowest BCUT2D eigenvalue weighted by molar-refractivity contribution is 0.669. The molecule has 0 aliphatic rings. The first-order valence-electron chi connectivity index (χ1n) is 20.1. The molecule has 2 aromatic heterocycles. The topological polar surface area (TPSA) is 55.1 Å². The van der Waals surface area contributed by atoms with Crippen LogP contribution in [-0.4, -0.2) is 15.0 Å². The fourth-order valence-corrected chi connectivity index (χ4v) is 8.07. The number of benzene rings is 9. The van der Waals surface area contributed by atoms with Gasteiger partial charge in [0, 0.05) is 38.8 Å². The Hall–Kier alpha value is -8.15. The summed E-state index contributed by atoms with van der Waals surface area (Å²) in [6.07, 6.45) is 0. The van der Waals surface area contributed by atoms with E-state index < -0.39 is 0 Å². The van der Waals surface area contributed by atoms with E-state index in [2.05, 4.69) is 205 Å². The number of anilines is 3. The van der Waals surface area contributed by atoms with Crippen molar-refractivity contribution < 1.29 is 4.42 Å². The molecule has 0 aliphatic heterocycles. The van der Waals surface area contributed by atoms with Crippen molar-refractivity contribution in [3.8, 4) is 56.4 Å². The van der Waals surface area contributed by atoms with Crippen LogP contribution in [-0.2, 0) is 0 Å². The Balaban J connectivity index is 1.03. The lowest BCUT2D eigenvalue weighted by Crippen LogP contribution is -2.10. The smallest absolute Gasteiger partial charge is 0.164 e. The van der Waals surface area contributed by atoms with Crippen LogP contribution in [0.5, 0.6) is 0 Å². The number of fused-ring (bicyclic) bond motifs is 4. The largest absolute Gasteiger partial charge is 0.454 e. The van der Waals surface area contributed by atoms with Crippen LogP contribution in [0.1, 0.15) is 0 Å². The molecule has 0 spiro atoms. The van der Waals surface area contributed by atoms with E-state index in [4.69, 9.17) is 19.4 Å². The molecule has 0 radical (unpaired) electrons. The maximum absolute atomic E-state index is 6.88. The summed E-state index contributed by atoms with van der Waals surface area (Å²) >= 11 is 0. The van der Waals surface area contributed by atoms with Crippen molar-refractivity contribution in [2.45, 2.75) is 0 Å². The van der Waals surface area contributed by atoms with Crippen molar-refractivity contribution in [3.63, 3.8) is 0 Å². The van der Waals surface area contributed by atoms with Gasteiger partial charge in [0.1, 0.15) is 5.58 Å². The summed E-state index contributed by atoms with van der Waals surface area (Å²) in [6, 6.07) is 75.7. The molecule has 2 heterocycles. The van der Waals surface area contributed by atoms with E-state index in [0.29, 0.717) is 17.5 Å². The van der Waals surface area contributed by atoms with E-state index in [1.165, 1.54) is 5.56 Å². The van der Waals surface area contributed by atoms with E-state index in [-0.39, 0.29) is 0 Å². The zero-order valence-corrected chi connectivity index (χ0v) is 32.5. The Morgan fingerprint density at radius 2 is 0.800 bits per heavy atom. The van der Waals surface area contributed by atoms with Gasteiger partial charge in [-0.1, -0.05) is 170 Å². The highest BCUT2D eigenvalue weighted by Crippen LogP contribution is 2.43. The maximum atomic E-state index is 6.88. The summed E-state index contributed by atoms with van der Waals surface area (Å²) in [5.41, 5.74) is 11.9. The lowest BCUT2D eigenvalue weighted by atomic mass is 10.0. The van der Waals surface area contributed by atoms with Gasteiger partial charge in [0.25, 0.3) is 0 Å². The zero-order valence-electron chi connectivity index (χ0n) is 32.5. The molecule has 11 rings (SSSR count). The van der Waals surface area contributed by atoms with E-state index >= 15 is 0 Å². The first-order valence-corrected chi connectivity index (χ1v) is 20.1. The van der Waals surface area contributed by atoms with Crippen LogP contribution in [0, 0.1) is 0 Å². The highest BCUT2D eigenvalue weighted by atomic mass is 16.3. The molecule has 0 fully saturated rings. The number of nitrogens with zero attached hydrogens (tertiary/aromatic N) is 4. The Morgan fingerprint density at radius 3 is 1.47 bits per heavy atom. The highest BCUT2D eigenvalue weighted by Gasteiger charge is 2.21. The van der Waals surface area contributed by atoms with Gasteiger partial charge in [-0.25, -0.2) is 15.0 Å². The minimum Gasteiger partial charge on any atom is -0.454 e. The summed E-state index contributed by atoms with van der Waals surface area (Å²) < 4.78 is 6.88. The normalized spacial score (nSPS) is 11.3. The maximum Gasteiger partial charge on any atom is 0.164 e. The molecule has 0 bridgehead atoms. The summed E-state index contributed by atoms with van der Waals surface area (Å²) in [5.74, 6) is 1.78. The van der Waals surface area contributed by atoms with Gasteiger partial charge < -0.3 is 9.32 Å². The molecule has 0 saturated carbocycles. The molecule has 0 saturated heterocycles. The molecule has 5 heteroatoms. The average molecular weight is 769 g/mol. The molecule has 9 aromatic carbocycles. The summed E-state index contributed by atoms with van der Waals surface area (Å²) in [4.78, 5) is 17.5. The molecule has 5 nitrogen and oxygen atoms in total. The van der Waals surface area contributed by atoms with E-state index in [0.717, 1.165) is 83.2 Å². The van der Waals surface area contributed by atoms with Gasteiger partial charge in [-0.3, -0.25) is 0 Å². The van der Waals surface area contributed by atoms with Crippen LogP contribution < -0.4 is 4.90 Å². The van der Waals surface area contributed by atoms with Crippen molar-refractivity contribution >= 4 is 49.8 Å². The van der Waals surface area contributed by atoms with Gasteiger partial charge in [-0.15, -0.1) is 0 Å². The SMILES string of the molecule is c1ccc(-c2ccc(-c3nc(-c4ccc5ccccc5c4)nc(-c4ccc5c(c4)oc4c(N(c6ccccc6)c6ccc(-c7ccccc7)cc6)cccc45)n3)cc2)cc1. The number of hydrogen-bond acceptors (Lipinski definition) is 5. The van der Waals surface area contributed by atoms with Crippen molar-refractivity contribution in [1.82, 2.24) is 15.0 Å². The summed E-state index contributed by atoms with van der Waals surface area (Å²) in [6.45, 7) is 0. The van der Waals surface area contributed by atoms with Crippen LogP contribution in [0.4, 0.5) is 17.1 Å². The molecule has 60 heavy (non-hydrogen) atoms. The molecule has 0 atom stereocenters. The predicted octanol–water partition coefficient (Wildman–Crippen LogP) is 14.7. The molecule has 11 aromatic rings. The number of para-hydroxylation sites is 2. The third-order valence-electron chi connectivity index (χ3n) is 11.1. The Kier molecular flexibility index (Phi) is 8.75. The minimum absolute atomic E-state index is 0.572. The Bertz CT molecular complexity index is 3290. The van der Waals surface area contributed by atoms with Gasteiger partial charge in [0.05, 0.1) is 5.69 Å². The molecular formula is C55H36N4O. The Morgan fingerprint density at radius 1 is 0.317 bits per heavy atom.